The molecule has 168 valence electrons. The zero-order valence-electron chi connectivity index (χ0n) is 18.3. The molecular weight excluding hydrogens is 414 g/mol. The second kappa shape index (κ2) is 9.72. The fourth-order valence-electron chi connectivity index (χ4n) is 3.02. The Kier molecular flexibility index (Phi) is 7.02. The van der Waals surface area contributed by atoms with E-state index in [-0.39, 0.29) is 29.9 Å². The molecule has 0 fully saturated rings. The summed E-state index contributed by atoms with van der Waals surface area (Å²) in [5, 5.41) is 9.97. The van der Waals surface area contributed by atoms with Crippen molar-refractivity contribution >= 4 is 17.6 Å². The minimum atomic E-state index is -0.952. The molecule has 6 nitrogen and oxygen atoms in total. The summed E-state index contributed by atoms with van der Waals surface area (Å²) in [6.45, 7) is 6.61. The van der Waals surface area contributed by atoms with Crippen LogP contribution in [0.3, 0.4) is 0 Å². The molecule has 1 aromatic heterocycles. The van der Waals surface area contributed by atoms with Crippen LogP contribution in [0.15, 0.2) is 54.6 Å². The molecule has 3 aromatic rings. The first-order valence-corrected chi connectivity index (χ1v) is 10.3. The molecule has 0 spiro atoms. The van der Waals surface area contributed by atoms with Crippen LogP contribution < -0.4 is 10.6 Å². The molecule has 32 heavy (non-hydrogen) atoms. The molecule has 0 bridgehead atoms. The van der Waals surface area contributed by atoms with Crippen molar-refractivity contribution in [3.63, 3.8) is 0 Å². The Labute approximate surface area is 185 Å². The maximum atomic E-state index is 13.7. The lowest BCUT2D eigenvalue weighted by atomic mass is 9.92. The van der Waals surface area contributed by atoms with E-state index in [9.17, 15) is 18.4 Å². The van der Waals surface area contributed by atoms with Crippen LogP contribution in [0.4, 0.5) is 14.6 Å². The minimum absolute atomic E-state index is 0.000430. The first kappa shape index (κ1) is 23.1. The van der Waals surface area contributed by atoms with E-state index in [1.54, 1.807) is 4.68 Å². The number of aromatic nitrogens is 2. The second-order valence-electron chi connectivity index (χ2n) is 8.49. The number of anilines is 1. The van der Waals surface area contributed by atoms with E-state index in [2.05, 4.69) is 15.7 Å². The first-order chi connectivity index (χ1) is 15.1. The Morgan fingerprint density at radius 1 is 1.03 bits per heavy atom. The van der Waals surface area contributed by atoms with Gasteiger partial charge in [-0.3, -0.25) is 9.59 Å². The number of carbonyl (C=O) groups is 2. The lowest BCUT2D eigenvalue weighted by Gasteiger charge is -2.14. The summed E-state index contributed by atoms with van der Waals surface area (Å²) in [7, 11) is 0. The number of rotatable bonds is 7. The maximum Gasteiger partial charge on any atom is 0.254 e. The maximum absolute atomic E-state index is 13.7. The van der Waals surface area contributed by atoms with Crippen LogP contribution in [0.2, 0.25) is 0 Å². The van der Waals surface area contributed by atoms with Crippen LogP contribution in [-0.4, -0.2) is 28.1 Å². The number of nitrogens with zero attached hydrogens (tertiary/aromatic N) is 2. The molecule has 0 aliphatic carbocycles. The van der Waals surface area contributed by atoms with E-state index in [1.807, 2.05) is 57.2 Å². The fraction of sp³-hybridized carbons (Fsp3) is 0.292. The van der Waals surface area contributed by atoms with E-state index in [0.717, 1.165) is 23.4 Å². The highest BCUT2D eigenvalue weighted by atomic mass is 19.1. The lowest BCUT2D eigenvalue weighted by molar-refractivity contribution is -0.116. The van der Waals surface area contributed by atoms with Gasteiger partial charge in [0.1, 0.15) is 17.5 Å². The summed E-state index contributed by atoms with van der Waals surface area (Å²) < 4.78 is 28.4. The van der Waals surface area contributed by atoms with Crippen molar-refractivity contribution in [2.75, 3.05) is 11.9 Å². The monoisotopic (exact) mass is 440 g/mol. The molecule has 0 aliphatic rings. The van der Waals surface area contributed by atoms with Gasteiger partial charge in [-0.05, 0) is 17.7 Å². The van der Waals surface area contributed by atoms with Crippen molar-refractivity contribution in [1.82, 2.24) is 15.1 Å². The Hall–Kier alpha value is -3.55. The Morgan fingerprint density at radius 3 is 2.41 bits per heavy atom. The van der Waals surface area contributed by atoms with Gasteiger partial charge >= 0.3 is 0 Å². The van der Waals surface area contributed by atoms with Gasteiger partial charge in [-0.1, -0.05) is 51.1 Å². The highest BCUT2D eigenvalue weighted by molar-refractivity contribution is 5.95. The highest BCUT2D eigenvalue weighted by Gasteiger charge is 2.21. The predicted molar refractivity (Wildman–Crippen MR) is 118 cm³/mol. The first-order valence-electron chi connectivity index (χ1n) is 10.3. The standard InChI is InChI=1S/C24H26F2N4O2/c1-24(2,3)20-14-21(30(29-20)15-16-7-5-4-6-8-16)28-22(31)11-12-27-23(32)18-10-9-17(25)13-19(18)26/h4-10,13-14H,11-12,15H2,1-3H3,(H,27,32)(H,28,31). The van der Waals surface area contributed by atoms with E-state index < -0.39 is 17.5 Å². The van der Waals surface area contributed by atoms with Crippen molar-refractivity contribution in [2.24, 2.45) is 0 Å². The van der Waals surface area contributed by atoms with Crippen LogP contribution >= 0.6 is 0 Å². The number of halogens is 2. The molecular formula is C24H26F2N4O2. The van der Waals surface area contributed by atoms with Gasteiger partial charge in [0.15, 0.2) is 0 Å². The third-order valence-corrected chi connectivity index (χ3v) is 4.80. The van der Waals surface area contributed by atoms with Crippen LogP contribution in [0.5, 0.6) is 0 Å². The molecule has 0 atom stereocenters. The summed E-state index contributed by atoms with van der Waals surface area (Å²) in [6.07, 6.45) is -0.0179. The van der Waals surface area contributed by atoms with Gasteiger partial charge in [0.2, 0.25) is 5.91 Å². The molecule has 2 N–H and O–H groups in total. The summed E-state index contributed by atoms with van der Waals surface area (Å²) in [5.74, 6) is -2.19. The van der Waals surface area contributed by atoms with Crippen molar-refractivity contribution in [1.29, 1.82) is 0 Å². The summed E-state index contributed by atoms with van der Waals surface area (Å²) in [4.78, 5) is 24.5. The Bertz CT molecular complexity index is 1100. The van der Waals surface area contributed by atoms with Gasteiger partial charge in [0.05, 0.1) is 17.8 Å². The molecule has 0 saturated carbocycles. The Morgan fingerprint density at radius 2 is 1.75 bits per heavy atom. The summed E-state index contributed by atoms with van der Waals surface area (Å²) in [6, 6.07) is 14.3. The number of benzene rings is 2. The van der Waals surface area contributed by atoms with Gasteiger partial charge in [-0.2, -0.15) is 5.10 Å². The highest BCUT2D eigenvalue weighted by Crippen LogP contribution is 2.24. The molecule has 0 saturated heterocycles. The van der Waals surface area contributed by atoms with Gasteiger partial charge in [-0.25, -0.2) is 13.5 Å². The summed E-state index contributed by atoms with van der Waals surface area (Å²) in [5.41, 5.74) is 1.40. The van der Waals surface area contributed by atoms with Crippen LogP contribution in [0.25, 0.3) is 0 Å². The second-order valence-corrected chi connectivity index (χ2v) is 8.49. The van der Waals surface area contributed by atoms with Crippen molar-refractivity contribution in [3.8, 4) is 0 Å². The molecule has 0 radical (unpaired) electrons. The molecule has 1 heterocycles. The quantitative estimate of drug-likeness (QED) is 0.576. The molecule has 2 aromatic carbocycles. The smallest absolute Gasteiger partial charge is 0.254 e. The average Bonchev–Trinajstić information content (AvgIpc) is 3.11. The third-order valence-electron chi connectivity index (χ3n) is 4.80. The zero-order chi connectivity index (χ0) is 23.3. The van der Waals surface area contributed by atoms with Gasteiger partial charge in [0.25, 0.3) is 5.91 Å². The fourth-order valence-corrected chi connectivity index (χ4v) is 3.02. The van der Waals surface area contributed by atoms with Crippen molar-refractivity contribution in [3.05, 3.63) is 83.1 Å². The molecule has 0 unspecified atom stereocenters. The van der Waals surface area contributed by atoms with E-state index in [0.29, 0.717) is 18.4 Å². The number of amides is 2. The van der Waals surface area contributed by atoms with E-state index in [1.165, 1.54) is 0 Å². The molecule has 2 amide bonds. The van der Waals surface area contributed by atoms with Crippen LogP contribution in [0.1, 0.15) is 48.8 Å². The molecule has 0 aliphatic heterocycles. The predicted octanol–water partition coefficient (Wildman–Crippen LogP) is 4.27. The number of hydrogen-bond donors (Lipinski definition) is 2. The average molecular weight is 440 g/mol. The van der Waals surface area contributed by atoms with E-state index >= 15 is 0 Å². The van der Waals surface area contributed by atoms with Crippen LogP contribution in [-0.2, 0) is 16.8 Å². The van der Waals surface area contributed by atoms with Crippen molar-refractivity contribution < 1.29 is 18.4 Å². The molecule has 3 rings (SSSR count). The SMILES string of the molecule is CC(C)(C)c1cc(NC(=O)CCNC(=O)c2ccc(F)cc2F)n(Cc2ccccc2)n1. The zero-order valence-corrected chi connectivity index (χ0v) is 18.3. The van der Waals surface area contributed by atoms with Gasteiger partial charge in [0, 0.05) is 30.5 Å². The topological polar surface area (TPSA) is 76.0 Å². The number of nitrogens with one attached hydrogen (secondary N) is 2. The minimum Gasteiger partial charge on any atom is -0.351 e. The van der Waals surface area contributed by atoms with E-state index in [4.69, 9.17) is 0 Å². The van der Waals surface area contributed by atoms with Crippen LogP contribution in [0, 0.1) is 11.6 Å². The Balaban J connectivity index is 1.63. The third kappa shape index (κ3) is 6.00. The van der Waals surface area contributed by atoms with Gasteiger partial charge in [-0.15, -0.1) is 0 Å². The normalized spacial score (nSPS) is 11.3. The largest absolute Gasteiger partial charge is 0.351 e. The molecule has 8 heteroatoms. The van der Waals surface area contributed by atoms with Gasteiger partial charge < -0.3 is 10.6 Å². The lowest BCUT2D eigenvalue weighted by Crippen LogP contribution is -2.28. The number of hydrogen-bond acceptors (Lipinski definition) is 3. The number of carbonyl (C=O) groups excluding carboxylic acids is 2. The summed E-state index contributed by atoms with van der Waals surface area (Å²) >= 11 is 0. The van der Waals surface area contributed by atoms with Crippen molar-refractivity contribution in [2.45, 2.75) is 39.2 Å².